The van der Waals surface area contributed by atoms with Gasteiger partial charge in [0.1, 0.15) is 4.90 Å². The molecule has 6 nitrogen and oxygen atoms in total. The number of amides is 1. The molecule has 1 aromatic rings. The summed E-state index contributed by atoms with van der Waals surface area (Å²) < 4.78 is 25.7. The molecule has 0 bridgehead atoms. The number of carbonyl (C=O) groups excluding carboxylic acids is 1. The van der Waals surface area contributed by atoms with Gasteiger partial charge in [-0.15, -0.1) is 0 Å². The molecule has 1 amide bonds. The molecular weight excluding hydrogens is 325 g/mol. The smallest absolute Gasteiger partial charge is 0.246 e. The Balaban J connectivity index is 3.21. The first-order valence-electron chi connectivity index (χ1n) is 5.48. The molecule has 0 saturated heterocycles. The maximum Gasteiger partial charge on any atom is 0.246 e. The summed E-state index contributed by atoms with van der Waals surface area (Å²) >= 11 is 11.8. The maximum atomic E-state index is 12.4. The van der Waals surface area contributed by atoms with Crippen molar-refractivity contribution in [2.75, 3.05) is 33.4 Å². The van der Waals surface area contributed by atoms with Crippen molar-refractivity contribution in [2.24, 2.45) is 0 Å². The van der Waals surface area contributed by atoms with Crippen LogP contribution in [0.25, 0.3) is 0 Å². The summed E-state index contributed by atoms with van der Waals surface area (Å²) in [5.41, 5.74) is 5.79. The second-order valence-corrected chi connectivity index (χ2v) is 7.16. The van der Waals surface area contributed by atoms with Gasteiger partial charge in [-0.3, -0.25) is 4.79 Å². The monoisotopic (exact) mass is 339 g/mol. The molecule has 0 fully saturated rings. The lowest BCUT2D eigenvalue weighted by molar-refractivity contribution is -0.128. The van der Waals surface area contributed by atoms with E-state index in [0.717, 1.165) is 4.31 Å². The summed E-state index contributed by atoms with van der Waals surface area (Å²) in [6, 6.07) is 2.59. The predicted octanol–water partition coefficient (Wildman–Crippen LogP) is 1.28. The zero-order chi connectivity index (χ0) is 15.7. The van der Waals surface area contributed by atoms with Crippen LogP contribution in [0, 0.1) is 0 Å². The second kappa shape index (κ2) is 6.17. The zero-order valence-corrected chi connectivity index (χ0v) is 13.6. The van der Waals surface area contributed by atoms with Gasteiger partial charge in [-0.2, -0.15) is 4.31 Å². The molecule has 0 aromatic heterocycles. The topological polar surface area (TPSA) is 83.7 Å². The number of halogens is 2. The molecule has 0 heterocycles. The molecule has 1 rings (SSSR count). The van der Waals surface area contributed by atoms with Crippen LogP contribution in [0.3, 0.4) is 0 Å². The minimum Gasteiger partial charge on any atom is -0.399 e. The summed E-state index contributed by atoms with van der Waals surface area (Å²) in [5.74, 6) is -0.362. The van der Waals surface area contributed by atoms with Gasteiger partial charge >= 0.3 is 0 Å². The zero-order valence-electron chi connectivity index (χ0n) is 11.2. The first-order chi connectivity index (χ1) is 9.07. The number of likely N-dealkylation sites (N-methyl/N-ethyl adjacent to an activating group) is 2. The van der Waals surface area contributed by atoms with Crippen molar-refractivity contribution < 1.29 is 13.2 Å². The fraction of sp³-hybridized carbons (Fsp3) is 0.364. The SMILES string of the molecule is CN(C)C(=O)CN(C)S(=O)(=O)c1c(Cl)cc(N)cc1Cl. The van der Waals surface area contributed by atoms with Gasteiger partial charge in [0.05, 0.1) is 16.6 Å². The Bertz CT molecular complexity index is 609. The Morgan fingerprint density at radius 3 is 2.05 bits per heavy atom. The molecule has 1 aromatic carbocycles. The first-order valence-corrected chi connectivity index (χ1v) is 7.68. The predicted molar refractivity (Wildman–Crippen MR) is 79.4 cm³/mol. The molecule has 0 saturated carbocycles. The Hall–Kier alpha value is -1.02. The van der Waals surface area contributed by atoms with Crippen LogP contribution in [-0.4, -0.2) is 51.2 Å². The van der Waals surface area contributed by atoms with E-state index in [1.54, 1.807) is 0 Å². The van der Waals surface area contributed by atoms with E-state index >= 15 is 0 Å². The molecule has 0 aliphatic heterocycles. The number of hydrogen-bond donors (Lipinski definition) is 1. The third-order valence-corrected chi connectivity index (χ3v) is 5.27. The van der Waals surface area contributed by atoms with E-state index in [0.29, 0.717) is 0 Å². The lowest BCUT2D eigenvalue weighted by atomic mass is 10.3. The van der Waals surface area contributed by atoms with Crippen molar-refractivity contribution in [3.63, 3.8) is 0 Å². The van der Waals surface area contributed by atoms with E-state index in [9.17, 15) is 13.2 Å². The van der Waals surface area contributed by atoms with Gasteiger partial charge in [0.2, 0.25) is 15.9 Å². The van der Waals surface area contributed by atoms with E-state index in [1.165, 1.54) is 38.2 Å². The summed E-state index contributed by atoms with van der Waals surface area (Å²) in [6.07, 6.45) is 0. The molecule has 2 N–H and O–H groups in total. The van der Waals surface area contributed by atoms with E-state index < -0.39 is 10.0 Å². The largest absolute Gasteiger partial charge is 0.399 e. The molecule has 0 unspecified atom stereocenters. The Morgan fingerprint density at radius 1 is 1.20 bits per heavy atom. The van der Waals surface area contributed by atoms with E-state index in [-0.39, 0.29) is 33.1 Å². The normalized spacial score (nSPS) is 11.7. The average Bonchev–Trinajstić information content (AvgIpc) is 2.26. The number of nitrogens with zero attached hydrogens (tertiary/aromatic N) is 2. The van der Waals surface area contributed by atoms with Crippen molar-refractivity contribution in [3.8, 4) is 0 Å². The summed E-state index contributed by atoms with van der Waals surface area (Å²) in [7, 11) is 0.366. The number of hydrogen-bond acceptors (Lipinski definition) is 4. The van der Waals surface area contributed by atoms with Gasteiger partial charge in [-0.1, -0.05) is 23.2 Å². The molecule has 112 valence electrons. The Labute approximate surface area is 128 Å². The van der Waals surface area contributed by atoms with Gasteiger partial charge in [0.25, 0.3) is 0 Å². The van der Waals surface area contributed by atoms with Crippen molar-refractivity contribution in [1.29, 1.82) is 0 Å². The Kier molecular flexibility index (Phi) is 5.26. The molecule has 0 atom stereocenters. The highest BCUT2D eigenvalue weighted by Crippen LogP contribution is 2.33. The highest BCUT2D eigenvalue weighted by Gasteiger charge is 2.28. The minimum atomic E-state index is -3.98. The molecule has 0 aliphatic rings. The van der Waals surface area contributed by atoms with Crippen LogP contribution >= 0.6 is 23.2 Å². The fourth-order valence-electron chi connectivity index (χ4n) is 1.40. The van der Waals surface area contributed by atoms with Crippen LogP contribution in [0.4, 0.5) is 5.69 Å². The molecule has 0 radical (unpaired) electrons. The third kappa shape index (κ3) is 3.54. The summed E-state index contributed by atoms with van der Waals surface area (Å²) in [6.45, 7) is -0.313. The fourth-order valence-corrected chi connectivity index (χ4v) is 3.69. The molecular formula is C11H15Cl2N3O3S. The van der Waals surface area contributed by atoms with Crippen LogP contribution in [0.5, 0.6) is 0 Å². The van der Waals surface area contributed by atoms with Crippen molar-refractivity contribution in [3.05, 3.63) is 22.2 Å². The molecule has 9 heteroatoms. The van der Waals surface area contributed by atoms with Crippen LogP contribution in [0.15, 0.2) is 17.0 Å². The maximum absolute atomic E-state index is 12.4. The molecule has 20 heavy (non-hydrogen) atoms. The number of rotatable bonds is 4. The van der Waals surface area contributed by atoms with Crippen molar-refractivity contribution >= 4 is 44.8 Å². The molecule has 0 spiro atoms. The van der Waals surface area contributed by atoms with Gasteiger partial charge in [0.15, 0.2) is 0 Å². The first kappa shape index (κ1) is 17.0. The number of benzene rings is 1. The van der Waals surface area contributed by atoms with Crippen molar-refractivity contribution in [2.45, 2.75) is 4.90 Å². The summed E-state index contributed by atoms with van der Waals surface area (Å²) in [4.78, 5) is 12.6. The number of anilines is 1. The Morgan fingerprint density at radius 2 is 1.65 bits per heavy atom. The van der Waals surface area contributed by atoms with Gasteiger partial charge in [-0.05, 0) is 12.1 Å². The quantitative estimate of drug-likeness (QED) is 0.837. The summed E-state index contributed by atoms with van der Waals surface area (Å²) in [5, 5.41) is -0.168. The highest BCUT2D eigenvalue weighted by atomic mass is 35.5. The van der Waals surface area contributed by atoms with E-state index in [4.69, 9.17) is 28.9 Å². The van der Waals surface area contributed by atoms with Gasteiger partial charge in [-0.25, -0.2) is 8.42 Å². The third-order valence-electron chi connectivity index (χ3n) is 2.55. The van der Waals surface area contributed by atoms with Crippen LogP contribution in [0.1, 0.15) is 0 Å². The van der Waals surface area contributed by atoms with Gasteiger partial charge < -0.3 is 10.6 Å². The van der Waals surface area contributed by atoms with E-state index in [1.807, 2.05) is 0 Å². The van der Waals surface area contributed by atoms with Crippen LogP contribution in [-0.2, 0) is 14.8 Å². The number of carbonyl (C=O) groups is 1. The minimum absolute atomic E-state index is 0.0841. The lowest BCUT2D eigenvalue weighted by Gasteiger charge is -2.20. The van der Waals surface area contributed by atoms with Gasteiger partial charge in [0, 0.05) is 26.8 Å². The van der Waals surface area contributed by atoms with Crippen molar-refractivity contribution in [1.82, 2.24) is 9.21 Å². The second-order valence-electron chi connectivity index (χ2n) is 4.36. The van der Waals surface area contributed by atoms with Crippen LogP contribution in [0.2, 0.25) is 10.0 Å². The average molecular weight is 340 g/mol. The standard InChI is InChI=1S/C11H15Cl2N3O3S/c1-15(2)10(17)6-16(3)20(18,19)11-8(12)4-7(14)5-9(11)13/h4-5H,6,14H2,1-3H3. The lowest BCUT2D eigenvalue weighted by Crippen LogP contribution is -2.37. The molecule has 0 aliphatic carbocycles. The number of nitrogens with two attached hydrogens (primary N) is 1. The van der Waals surface area contributed by atoms with E-state index in [2.05, 4.69) is 0 Å². The van der Waals surface area contributed by atoms with Crippen LogP contribution < -0.4 is 5.73 Å². The number of sulfonamides is 1. The highest BCUT2D eigenvalue weighted by molar-refractivity contribution is 7.89. The number of nitrogen functional groups attached to an aromatic ring is 1.